The van der Waals surface area contributed by atoms with Crippen LogP contribution in [0.25, 0.3) is 6.08 Å². The van der Waals surface area contributed by atoms with Crippen LogP contribution in [0, 0.1) is 0 Å². The van der Waals surface area contributed by atoms with Gasteiger partial charge in [-0.15, -0.1) is 0 Å². The predicted molar refractivity (Wildman–Crippen MR) is 126 cm³/mol. The summed E-state index contributed by atoms with van der Waals surface area (Å²) in [6.45, 7) is 0. The minimum atomic E-state index is -4.11. The molecule has 35 heavy (non-hydrogen) atoms. The van der Waals surface area contributed by atoms with Gasteiger partial charge in [0, 0.05) is 11.6 Å². The van der Waals surface area contributed by atoms with E-state index in [-0.39, 0.29) is 33.5 Å². The highest BCUT2D eigenvalue weighted by Gasteiger charge is 2.29. The molecule has 0 saturated carbocycles. The number of allylic oxidation sites excluding steroid dienone is 1. The number of methoxy groups -OCH3 is 4. The molecule has 9 nitrogen and oxygen atoms in total. The summed E-state index contributed by atoms with van der Waals surface area (Å²) < 4.78 is 57.4. The van der Waals surface area contributed by atoms with Gasteiger partial charge in [0.15, 0.2) is 17.3 Å². The molecular formula is C25H22O9S. The standard InChI is InChI=1S/C25H22O9S/c1-29-16-6-9-18(10-7-16)35(27,28)34-17-8-11-19-21(14-17)33-22(23(19)26)13-15-5-12-20(30-2)25(32-4)24(15)31-3/h5-14H,1-4H3/b22-13+. The average Bonchev–Trinajstić information content (AvgIpc) is 3.17. The van der Waals surface area contributed by atoms with Gasteiger partial charge in [0.2, 0.25) is 11.5 Å². The second-order valence-corrected chi connectivity index (χ2v) is 8.78. The fourth-order valence-electron chi connectivity index (χ4n) is 3.52. The number of fused-ring (bicyclic) bond motifs is 1. The Kier molecular flexibility index (Phi) is 6.57. The highest BCUT2D eigenvalue weighted by molar-refractivity contribution is 7.87. The molecule has 0 fully saturated rings. The van der Waals surface area contributed by atoms with E-state index in [1.807, 2.05) is 0 Å². The van der Waals surface area contributed by atoms with E-state index in [0.29, 0.717) is 28.6 Å². The first kappa shape index (κ1) is 24.0. The van der Waals surface area contributed by atoms with Crippen LogP contribution in [0.5, 0.6) is 34.5 Å². The van der Waals surface area contributed by atoms with Gasteiger partial charge in [-0.1, -0.05) is 0 Å². The number of hydrogen-bond acceptors (Lipinski definition) is 9. The van der Waals surface area contributed by atoms with Crippen molar-refractivity contribution in [3.05, 3.63) is 71.5 Å². The number of hydrogen-bond donors (Lipinski definition) is 0. The number of rotatable bonds is 8. The molecule has 0 radical (unpaired) electrons. The molecule has 0 N–H and O–H groups in total. The van der Waals surface area contributed by atoms with E-state index in [4.69, 9.17) is 27.9 Å². The lowest BCUT2D eigenvalue weighted by Gasteiger charge is -2.14. The highest BCUT2D eigenvalue weighted by atomic mass is 32.2. The van der Waals surface area contributed by atoms with E-state index in [1.165, 1.54) is 77.0 Å². The summed E-state index contributed by atoms with van der Waals surface area (Å²) in [5, 5.41) is 0. The number of benzene rings is 3. The van der Waals surface area contributed by atoms with Crippen molar-refractivity contribution in [1.82, 2.24) is 0 Å². The minimum absolute atomic E-state index is 0.00249. The third-order valence-corrected chi connectivity index (χ3v) is 6.48. The number of ketones is 1. The Hall–Kier alpha value is -4.18. The minimum Gasteiger partial charge on any atom is -0.497 e. The second-order valence-electron chi connectivity index (χ2n) is 7.23. The molecule has 0 aliphatic carbocycles. The lowest BCUT2D eigenvalue weighted by molar-refractivity contribution is 0.101. The molecule has 10 heteroatoms. The van der Waals surface area contributed by atoms with Crippen molar-refractivity contribution in [2.75, 3.05) is 28.4 Å². The van der Waals surface area contributed by atoms with Crippen LogP contribution < -0.4 is 27.9 Å². The van der Waals surface area contributed by atoms with Crippen molar-refractivity contribution in [3.8, 4) is 34.5 Å². The van der Waals surface area contributed by atoms with Crippen molar-refractivity contribution in [2.45, 2.75) is 4.90 Å². The van der Waals surface area contributed by atoms with Gasteiger partial charge in [-0.25, -0.2) is 0 Å². The smallest absolute Gasteiger partial charge is 0.339 e. The monoisotopic (exact) mass is 498 g/mol. The lowest BCUT2D eigenvalue weighted by Crippen LogP contribution is -2.09. The molecule has 0 aromatic heterocycles. The van der Waals surface area contributed by atoms with Gasteiger partial charge >= 0.3 is 10.1 Å². The summed E-state index contributed by atoms with van der Waals surface area (Å²) in [7, 11) is 1.83. The third-order valence-electron chi connectivity index (χ3n) is 5.22. The van der Waals surface area contributed by atoms with E-state index in [2.05, 4.69) is 0 Å². The van der Waals surface area contributed by atoms with Gasteiger partial charge in [0.05, 0.1) is 34.0 Å². The Morgan fingerprint density at radius 1 is 0.771 bits per heavy atom. The first-order valence-corrected chi connectivity index (χ1v) is 11.7. The second kappa shape index (κ2) is 9.59. The summed E-state index contributed by atoms with van der Waals surface area (Å²) in [4.78, 5) is 12.9. The SMILES string of the molecule is COc1ccc(S(=O)(=O)Oc2ccc3c(c2)O/C(=C/c2ccc(OC)c(OC)c2OC)C3=O)cc1. The van der Waals surface area contributed by atoms with Crippen molar-refractivity contribution < 1.29 is 41.1 Å². The van der Waals surface area contributed by atoms with E-state index in [9.17, 15) is 13.2 Å². The maximum absolute atomic E-state index is 12.9. The van der Waals surface area contributed by atoms with Crippen LogP contribution in [-0.4, -0.2) is 42.6 Å². The fraction of sp³-hybridized carbons (Fsp3) is 0.160. The number of carbonyl (C=O) groups is 1. The van der Waals surface area contributed by atoms with Gasteiger partial charge in [-0.2, -0.15) is 8.42 Å². The molecule has 1 heterocycles. The zero-order valence-electron chi connectivity index (χ0n) is 19.4. The van der Waals surface area contributed by atoms with Gasteiger partial charge in [-0.05, 0) is 54.6 Å². The molecule has 0 saturated heterocycles. The molecule has 0 bridgehead atoms. The third kappa shape index (κ3) is 4.60. The van der Waals surface area contributed by atoms with Crippen molar-refractivity contribution >= 4 is 22.0 Å². The van der Waals surface area contributed by atoms with Crippen LogP contribution >= 0.6 is 0 Å². The van der Waals surface area contributed by atoms with Crippen LogP contribution in [0.4, 0.5) is 0 Å². The van der Waals surface area contributed by atoms with Crippen LogP contribution in [-0.2, 0) is 10.1 Å². The molecule has 0 amide bonds. The molecule has 1 aliphatic heterocycles. The summed E-state index contributed by atoms with van der Waals surface area (Å²) in [6, 6.07) is 13.3. The Labute approximate surface area is 202 Å². The number of Topliss-reactive ketones (excluding diaryl/α,β-unsaturated/α-hetero) is 1. The Morgan fingerprint density at radius 2 is 1.46 bits per heavy atom. The maximum atomic E-state index is 12.9. The molecule has 0 spiro atoms. The van der Waals surface area contributed by atoms with Gasteiger partial charge in [0.1, 0.15) is 22.1 Å². The number of ether oxygens (including phenoxy) is 5. The first-order valence-electron chi connectivity index (χ1n) is 10.3. The molecule has 1 aliphatic rings. The van der Waals surface area contributed by atoms with E-state index < -0.39 is 10.1 Å². The first-order chi connectivity index (χ1) is 16.8. The molecule has 0 atom stereocenters. The summed E-state index contributed by atoms with van der Waals surface area (Å²) in [5.74, 6) is 1.53. The molecule has 182 valence electrons. The van der Waals surface area contributed by atoms with Crippen LogP contribution in [0.2, 0.25) is 0 Å². The number of carbonyl (C=O) groups excluding carboxylic acids is 1. The highest BCUT2D eigenvalue weighted by Crippen LogP contribution is 2.42. The summed E-state index contributed by atoms with van der Waals surface area (Å²) >= 11 is 0. The Balaban J connectivity index is 1.61. The van der Waals surface area contributed by atoms with E-state index >= 15 is 0 Å². The van der Waals surface area contributed by atoms with Crippen LogP contribution in [0.3, 0.4) is 0 Å². The molecule has 3 aromatic carbocycles. The lowest BCUT2D eigenvalue weighted by atomic mass is 10.1. The largest absolute Gasteiger partial charge is 0.497 e. The Bertz CT molecular complexity index is 1410. The molecule has 4 rings (SSSR count). The van der Waals surface area contributed by atoms with E-state index in [0.717, 1.165) is 0 Å². The van der Waals surface area contributed by atoms with Crippen LogP contribution in [0.1, 0.15) is 15.9 Å². The van der Waals surface area contributed by atoms with Crippen molar-refractivity contribution in [1.29, 1.82) is 0 Å². The fourth-order valence-corrected chi connectivity index (χ4v) is 4.44. The summed E-state index contributed by atoms with van der Waals surface area (Å²) in [5.41, 5.74) is 0.796. The van der Waals surface area contributed by atoms with Crippen molar-refractivity contribution in [2.24, 2.45) is 0 Å². The van der Waals surface area contributed by atoms with Gasteiger partial charge in [-0.3, -0.25) is 4.79 Å². The molecule has 0 unspecified atom stereocenters. The molecular weight excluding hydrogens is 476 g/mol. The summed E-state index contributed by atoms with van der Waals surface area (Å²) in [6.07, 6.45) is 1.51. The van der Waals surface area contributed by atoms with Crippen LogP contribution in [0.15, 0.2) is 65.3 Å². The van der Waals surface area contributed by atoms with E-state index in [1.54, 1.807) is 12.1 Å². The zero-order chi connectivity index (χ0) is 25.2. The quantitative estimate of drug-likeness (QED) is 0.335. The van der Waals surface area contributed by atoms with Gasteiger partial charge in [0.25, 0.3) is 0 Å². The maximum Gasteiger partial charge on any atom is 0.339 e. The zero-order valence-corrected chi connectivity index (χ0v) is 20.2. The molecule has 3 aromatic rings. The Morgan fingerprint density at radius 3 is 2.09 bits per heavy atom. The van der Waals surface area contributed by atoms with Gasteiger partial charge < -0.3 is 27.9 Å². The topological polar surface area (TPSA) is 107 Å². The normalized spacial score (nSPS) is 13.7. The predicted octanol–water partition coefficient (Wildman–Crippen LogP) is 4.10. The average molecular weight is 499 g/mol. The van der Waals surface area contributed by atoms with Crippen molar-refractivity contribution in [3.63, 3.8) is 0 Å².